The SMILES string of the molecule is COc1ccccc1CN1CC(C(=O)NCC(C)(C)OC)CCC1=O. The average molecular weight is 348 g/mol. The number of para-hydroxylation sites is 1. The normalized spacial score (nSPS) is 18.2. The van der Waals surface area contributed by atoms with Crippen LogP contribution in [0.15, 0.2) is 24.3 Å². The molecule has 1 aliphatic heterocycles. The van der Waals surface area contributed by atoms with E-state index in [4.69, 9.17) is 9.47 Å². The Kier molecular flexibility index (Phi) is 6.42. The smallest absolute Gasteiger partial charge is 0.225 e. The van der Waals surface area contributed by atoms with E-state index in [2.05, 4.69) is 5.32 Å². The van der Waals surface area contributed by atoms with Crippen LogP contribution >= 0.6 is 0 Å². The number of likely N-dealkylation sites (tertiary alicyclic amines) is 1. The highest BCUT2D eigenvalue weighted by Gasteiger charge is 2.31. The van der Waals surface area contributed by atoms with E-state index in [1.54, 1.807) is 19.1 Å². The second-order valence-electron chi connectivity index (χ2n) is 7.00. The van der Waals surface area contributed by atoms with Gasteiger partial charge in [0.25, 0.3) is 0 Å². The summed E-state index contributed by atoms with van der Waals surface area (Å²) in [6.45, 7) is 5.17. The molecule has 0 aromatic heterocycles. The molecule has 6 nitrogen and oxygen atoms in total. The number of piperidine rings is 1. The molecule has 1 heterocycles. The Bertz CT molecular complexity index is 615. The molecule has 1 aliphatic rings. The zero-order valence-corrected chi connectivity index (χ0v) is 15.5. The van der Waals surface area contributed by atoms with Crippen molar-refractivity contribution in [1.82, 2.24) is 10.2 Å². The van der Waals surface area contributed by atoms with Crippen LogP contribution in [0.5, 0.6) is 5.75 Å². The van der Waals surface area contributed by atoms with E-state index in [9.17, 15) is 9.59 Å². The predicted molar refractivity (Wildman–Crippen MR) is 95.2 cm³/mol. The lowest BCUT2D eigenvalue weighted by atomic mass is 9.95. The quantitative estimate of drug-likeness (QED) is 0.818. The first-order valence-electron chi connectivity index (χ1n) is 8.59. The third-order valence-electron chi connectivity index (χ3n) is 4.67. The third kappa shape index (κ3) is 5.19. The Morgan fingerprint density at radius 2 is 2.04 bits per heavy atom. The van der Waals surface area contributed by atoms with E-state index >= 15 is 0 Å². The summed E-state index contributed by atoms with van der Waals surface area (Å²) in [4.78, 5) is 26.5. The van der Waals surface area contributed by atoms with Crippen LogP contribution < -0.4 is 10.1 Å². The van der Waals surface area contributed by atoms with E-state index in [1.165, 1.54) is 0 Å². The number of rotatable bonds is 7. The molecule has 0 aliphatic carbocycles. The average Bonchev–Trinajstić information content (AvgIpc) is 2.62. The van der Waals surface area contributed by atoms with E-state index < -0.39 is 5.60 Å². The van der Waals surface area contributed by atoms with Gasteiger partial charge in [-0.2, -0.15) is 0 Å². The van der Waals surface area contributed by atoms with Gasteiger partial charge in [-0.25, -0.2) is 0 Å². The van der Waals surface area contributed by atoms with Gasteiger partial charge in [-0.05, 0) is 26.3 Å². The first kappa shape index (κ1) is 19.2. The van der Waals surface area contributed by atoms with Crippen LogP contribution in [-0.4, -0.2) is 49.6 Å². The molecule has 1 fully saturated rings. The molecule has 1 saturated heterocycles. The lowest BCUT2D eigenvalue weighted by Crippen LogP contribution is -2.48. The molecule has 1 aromatic rings. The van der Waals surface area contributed by atoms with Crippen molar-refractivity contribution >= 4 is 11.8 Å². The third-order valence-corrected chi connectivity index (χ3v) is 4.67. The minimum absolute atomic E-state index is 0.0253. The maximum atomic E-state index is 12.5. The molecule has 1 N–H and O–H groups in total. The molecule has 0 radical (unpaired) electrons. The Morgan fingerprint density at radius 3 is 2.72 bits per heavy atom. The molecule has 0 bridgehead atoms. The van der Waals surface area contributed by atoms with Crippen molar-refractivity contribution in [2.75, 3.05) is 27.3 Å². The van der Waals surface area contributed by atoms with Gasteiger partial charge in [0.2, 0.25) is 11.8 Å². The van der Waals surface area contributed by atoms with Crippen LogP contribution in [0.3, 0.4) is 0 Å². The van der Waals surface area contributed by atoms with Gasteiger partial charge in [-0.1, -0.05) is 18.2 Å². The standard InChI is InChI=1S/C19H28N2O4/c1-19(2,25-4)13-20-18(23)15-9-10-17(22)21(12-15)11-14-7-5-6-8-16(14)24-3/h5-8,15H,9-13H2,1-4H3,(H,20,23). The van der Waals surface area contributed by atoms with Crippen LogP contribution in [0.4, 0.5) is 0 Å². The minimum atomic E-state index is -0.406. The van der Waals surface area contributed by atoms with Gasteiger partial charge in [0.05, 0.1) is 18.6 Å². The van der Waals surface area contributed by atoms with Crippen LogP contribution in [0.2, 0.25) is 0 Å². The number of benzene rings is 1. The van der Waals surface area contributed by atoms with Crippen LogP contribution in [0.1, 0.15) is 32.3 Å². The van der Waals surface area contributed by atoms with Gasteiger partial charge in [0.15, 0.2) is 0 Å². The summed E-state index contributed by atoms with van der Waals surface area (Å²) in [6.07, 6.45) is 0.974. The lowest BCUT2D eigenvalue weighted by Gasteiger charge is -2.33. The van der Waals surface area contributed by atoms with Crippen molar-refractivity contribution < 1.29 is 19.1 Å². The highest BCUT2D eigenvalue weighted by atomic mass is 16.5. The molecule has 2 rings (SSSR count). The van der Waals surface area contributed by atoms with E-state index in [-0.39, 0.29) is 17.7 Å². The van der Waals surface area contributed by atoms with E-state index in [0.29, 0.717) is 32.5 Å². The van der Waals surface area contributed by atoms with Crippen LogP contribution in [-0.2, 0) is 20.9 Å². The molecular weight excluding hydrogens is 320 g/mol. The Hall–Kier alpha value is -2.08. The number of carbonyl (C=O) groups is 2. The molecule has 1 aromatic carbocycles. The zero-order chi connectivity index (χ0) is 18.4. The van der Waals surface area contributed by atoms with Crippen molar-refractivity contribution in [3.05, 3.63) is 29.8 Å². The number of hydrogen-bond donors (Lipinski definition) is 1. The minimum Gasteiger partial charge on any atom is -0.496 e. The van der Waals surface area contributed by atoms with Gasteiger partial charge in [0, 0.05) is 38.7 Å². The first-order valence-corrected chi connectivity index (χ1v) is 8.59. The Morgan fingerprint density at radius 1 is 1.32 bits per heavy atom. The molecule has 138 valence electrons. The molecule has 6 heteroatoms. The van der Waals surface area contributed by atoms with Crippen molar-refractivity contribution in [2.24, 2.45) is 5.92 Å². The van der Waals surface area contributed by atoms with Gasteiger partial charge in [-0.15, -0.1) is 0 Å². The Balaban J connectivity index is 1.99. The first-order chi connectivity index (χ1) is 11.9. The number of hydrogen-bond acceptors (Lipinski definition) is 4. The van der Waals surface area contributed by atoms with E-state index in [0.717, 1.165) is 11.3 Å². The van der Waals surface area contributed by atoms with Crippen LogP contribution in [0, 0.1) is 5.92 Å². The van der Waals surface area contributed by atoms with Crippen LogP contribution in [0.25, 0.3) is 0 Å². The molecule has 1 atom stereocenters. The number of methoxy groups -OCH3 is 2. The zero-order valence-electron chi connectivity index (χ0n) is 15.5. The Labute approximate surface area is 149 Å². The van der Waals surface area contributed by atoms with Gasteiger partial charge in [-0.3, -0.25) is 9.59 Å². The maximum Gasteiger partial charge on any atom is 0.225 e. The molecule has 0 saturated carbocycles. The molecule has 1 unspecified atom stereocenters. The summed E-state index contributed by atoms with van der Waals surface area (Å²) < 4.78 is 10.7. The molecule has 25 heavy (non-hydrogen) atoms. The number of amides is 2. The fraction of sp³-hybridized carbons (Fsp3) is 0.579. The van der Waals surface area contributed by atoms with Crippen molar-refractivity contribution in [1.29, 1.82) is 0 Å². The topological polar surface area (TPSA) is 67.9 Å². The summed E-state index contributed by atoms with van der Waals surface area (Å²) in [7, 11) is 3.24. The summed E-state index contributed by atoms with van der Waals surface area (Å²) in [5.74, 6) is 0.610. The summed E-state index contributed by atoms with van der Waals surface area (Å²) >= 11 is 0. The van der Waals surface area contributed by atoms with Gasteiger partial charge >= 0.3 is 0 Å². The second kappa shape index (κ2) is 8.34. The monoisotopic (exact) mass is 348 g/mol. The second-order valence-corrected chi connectivity index (χ2v) is 7.00. The fourth-order valence-electron chi connectivity index (χ4n) is 2.84. The van der Waals surface area contributed by atoms with Gasteiger partial charge < -0.3 is 19.7 Å². The van der Waals surface area contributed by atoms with Crippen molar-refractivity contribution in [3.63, 3.8) is 0 Å². The number of ether oxygens (including phenoxy) is 2. The fourth-order valence-corrected chi connectivity index (χ4v) is 2.84. The van der Waals surface area contributed by atoms with Crippen molar-refractivity contribution in [3.8, 4) is 5.75 Å². The lowest BCUT2D eigenvalue weighted by molar-refractivity contribution is -0.139. The summed E-state index contributed by atoms with van der Waals surface area (Å²) in [5.41, 5.74) is 0.539. The summed E-state index contributed by atoms with van der Waals surface area (Å²) in [5, 5.41) is 2.94. The highest BCUT2D eigenvalue weighted by molar-refractivity contribution is 5.83. The maximum absolute atomic E-state index is 12.5. The molecule has 0 spiro atoms. The van der Waals surface area contributed by atoms with E-state index in [1.807, 2.05) is 38.1 Å². The molecule has 2 amide bonds. The highest BCUT2D eigenvalue weighted by Crippen LogP contribution is 2.24. The number of nitrogens with zero attached hydrogens (tertiary/aromatic N) is 1. The summed E-state index contributed by atoms with van der Waals surface area (Å²) in [6, 6.07) is 7.63. The predicted octanol–water partition coefficient (Wildman–Crippen LogP) is 1.97. The van der Waals surface area contributed by atoms with Gasteiger partial charge in [0.1, 0.15) is 5.75 Å². The number of carbonyl (C=O) groups excluding carboxylic acids is 2. The molecular formula is C19H28N2O4. The van der Waals surface area contributed by atoms with Crippen molar-refractivity contribution in [2.45, 2.75) is 38.8 Å². The number of nitrogens with one attached hydrogen (secondary N) is 1. The largest absolute Gasteiger partial charge is 0.496 e.